The van der Waals surface area contributed by atoms with Crippen LogP contribution in [0.3, 0.4) is 0 Å². The molecule has 0 aliphatic heterocycles. The highest BCUT2D eigenvalue weighted by atomic mass is 19.1. The fourth-order valence-electron chi connectivity index (χ4n) is 4.85. The predicted molar refractivity (Wildman–Crippen MR) is 158 cm³/mol. The van der Waals surface area contributed by atoms with Crippen molar-refractivity contribution in [3.8, 4) is 34.3 Å². The average Bonchev–Trinajstić information content (AvgIpc) is 2.97. The molecule has 5 rings (SSSR count). The summed E-state index contributed by atoms with van der Waals surface area (Å²) in [4.78, 5) is 35.9. The first-order valence-electron chi connectivity index (χ1n) is 13.1. The number of anilines is 1. The van der Waals surface area contributed by atoms with Crippen LogP contribution in [0.1, 0.15) is 27.3 Å². The van der Waals surface area contributed by atoms with Crippen molar-refractivity contribution < 1.29 is 23.4 Å². The Morgan fingerprint density at radius 1 is 0.929 bits per heavy atom. The zero-order valence-corrected chi connectivity index (χ0v) is 24.0. The normalized spacial score (nSPS) is 10.9. The molecule has 0 unspecified atom stereocenters. The number of carbonyl (C=O) groups is 1. The van der Waals surface area contributed by atoms with E-state index in [1.165, 1.54) is 26.4 Å². The Hall–Kier alpha value is -5.25. The number of hydrogen-bond donors (Lipinski definition) is 1. The van der Waals surface area contributed by atoms with Crippen molar-refractivity contribution in [1.29, 1.82) is 0 Å². The van der Waals surface area contributed by atoms with E-state index in [0.717, 1.165) is 0 Å². The minimum Gasteiger partial charge on any atom is -0.491 e. The Morgan fingerprint density at radius 3 is 2.33 bits per heavy atom. The van der Waals surface area contributed by atoms with E-state index in [-0.39, 0.29) is 5.56 Å². The molecular weight excluding hydrogens is 539 g/mol. The van der Waals surface area contributed by atoms with Gasteiger partial charge in [-0.15, -0.1) is 0 Å². The van der Waals surface area contributed by atoms with Crippen LogP contribution in [0.2, 0.25) is 0 Å². The highest BCUT2D eigenvalue weighted by molar-refractivity contribution is 6.05. The van der Waals surface area contributed by atoms with Gasteiger partial charge in [0.05, 0.1) is 19.7 Å². The van der Waals surface area contributed by atoms with E-state index in [9.17, 15) is 14.0 Å². The van der Waals surface area contributed by atoms with Gasteiger partial charge in [0, 0.05) is 48.0 Å². The molecule has 0 fully saturated rings. The van der Waals surface area contributed by atoms with Gasteiger partial charge in [0.1, 0.15) is 22.6 Å². The number of nitrogens with one attached hydrogen (secondary N) is 1. The first-order valence-corrected chi connectivity index (χ1v) is 13.1. The standard InChI is InChI=1S/C32H29FN4O5/c1-17-15-20(33)7-12-23(17)27-18(2)37(4)19(3)28(30(27)38)31(39)35-21-8-10-22(11-9-21)42-25-13-14-34-24-16-26(40-5)32(41-6)36-29(24)25/h7-16H,1-6H3,(H,35,39). The van der Waals surface area contributed by atoms with Crippen LogP contribution in [-0.4, -0.2) is 34.7 Å². The molecule has 9 nitrogen and oxygen atoms in total. The largest absolute Gasteiger partial charge is 0.491 e. The molecule has 0 atom stereocenters. The van der Waals surface area contributed by atoms with Crippen LogP contribution in [0, 0.1) is 26.6 Å². The van der Waals surface area contributed by atoms with Crippen molar-refractivity contribution in [2.45, 2.75) is 20.8 Å². The molecule has 0 saturated heterocycles. The number of pyridine rings is 3. The molecule has 10 heteroatoms. The SMILES string of the molecule is COc1cc2nccc(Oc3ccc(NC(=O)c4c(C)n(C)c(C)c(-c5ccc(F)cc5C)c4=O)cc3)c2nc1OC. The number of carbonyl (C=O) groups excluding carboxylic acids is 1. The van der Waals surface area contributed by atoms with Gasteiger partial charge in [-0.3, -0.25) is 14.6 Å². The zero-order chi connectivity index (χ0) is 30.1. The summed E-state index contributed by atoms with van der Waals surface area (Å²) in [5.41, 5.74) is 3.88. The summed E-state index contributed by atoms with van der Waals surface area (Å²) >= 11 is 0. The fourth-order valence-corrected chi connectivity index (χ4v) is 4.85. The molecule has 0 saturated carbocycles. The molecule has 0 bridgehead atoms. The summed E-state index contributed by atoms with van der Waals surface area (Å²) in [5.74, 6) is 0.767. The molecule has 1 N–H and O–H groups in total. The van der Waals surface area contributed by atoms with Crippen molar-refractivity contribution >= 4 is 22.6 Å². The molecule has 0 spiro atoms. The number of benzene rings is 2. The molecule has 0 aliphatic carbocycles. The van der Waals surface area contributed by atoms with Gasteiger partial charge in [-0.2, -0.15) is 0 Å². The lowest BCUT2D eigenvalue weighted by molar-refractivity contribution is 0.102. The van der Waals surface area contributed by atoms with Crippen LogP contribution in [0.25, 0.3) is 22.2 Å². The first-order chi connectivity index (χ1) is 20.1. The predicted octanol–water partition coefficient (Wildman–Crippen LogP) is 6.12. The molecule has 5 aromatic rings. The minimum atomic E-state index is -0.548. The Labute approximate surface area is 241 Å². The molecular formula is C32H29FN4O5. The molecule has 0 radical (unpaired) electrons. The van der Waals surface area contributed by atoms with E-state index in [0.29, 0.717) is 67.9 Å². The van der Waals surface area contributed by atoms with Gasteiger partial charge >= 0.3 is 0 Å². The van der Waals surface area contributed by atoms with Crippen molar-refractivity contribution in [2.75, 3.05) is 19.5 Å². The Balaban J connectivity index is 1.42. The first kappa shape index (κ1) is 28.3. The van der Waals surface area contributed by atoms with E-state index in [1.54, 1.807) is 81.0 Å². The molecule has 0 aliphatic rings. The van der Waals surface area contributed by atoms with E-state index < -0.39 is 17.2 Å². The molecule has 3 aromatic heterocycles. The van der Waals surface area contributed by atoms with Gasteiger partial charge in [-0.1, -0.05) is 6.07 Å². The summed E-state index contributed by atoms with van der Waals surface area (Å²) in [6, 6.07) is 14.4. The number of aryl methyl sites for hydroxylation is 1. The third kappa shape index (κ3) is 5.14. The molecule has 42 heavy (non-hydrogen) atoms. The van der Waals surface area contributed by atoms with E-state index in [1.807, 2.05) is 0 Å². The number of rotatable bonds is 7. The number of ether oxygens (including phenoxy) is 3. The van der Waals surface area contributed by atoms with Gasteiger partial charge in [-0.05, 0) is 68.3 Å². The van der Waals surface area contributed by atoms with Crippen LogP contribution < -0.4 is 25.0 Å². The zero-order valence-electron chi connectivity index (χ0n) is 24.0. The lowest BCUT2D eigenvalue weighted by Gasteiger charge is -2.19. The van der Waals surface area contributed by atoms with Gasteiger partial charge < -0.3 is 24.1 Å². The number of fused-ring (bicyclic) bond motifs is 1. The minimum absolute atomic E-state index is 0.0147. The topological polar surface area (TPSA) is 105 Å². The number of halogens is 1. The smallest absolute Gasteiger partial charge is 0.261 e. The maximum atomic E-state index is 13.8. The van der Waals surface area contributed by atoms with Gasteiger partial charge in [0.25, 0.3) is 11.8 Å². The second-order valence-electron chi connectivity index (χ2n) is 9.73. The van der Waals surface area contributed by atoms with Crippen molar-refractivity contribution in [3.05, 3.63) is 99.3 Å². The second kappa shape index (κ2) is 11.3. The lowest BCUT2D eigenvalue weighted by atomic mass is 9.95. The van der Waals surface area contributed by atoms with E-state index in [2.05, 4.69) is 15.3 Å². The summed E-state index contributed by atoms with van der Waals surface area (Å²) < 4.78 is 32.2. The Morgan fingerprint density at radius 2 is 1.67 bits per heavy atom. The quantitative estimate of drug-likeness (QED) is 0.252. The van der Waals surface area contributed by atoms with Gasteiger partial charge in [-0.25, -0.2) is 9.37 Å². The van der Waals surface area contributed by atoms with Crippen LogP contribution >= 0.6 is 0 Å². The van der Waals surface area contributed by atoms with Gasteiger partial charge in [0.2, 0.25) is 5.43 Å². The third-order valence-corrected chi connectivity index (χ3v) is 7.23. The number of methoxy groups -OCH3 is 2. The van der Waals surface area contributed by atoms with E-state index >= 15 is 0 Å². The number of aromatic nitrogens is 3. The number of hydrogen-bond acceptors (Lipinski definition) is 7. The molecule has 214 valence electrons. The van der Waals surface area contributed by atoms with Crippen LogP contribution in [-0.2, 0) is 7.05 Å². The maximum absolute atomic E-state index is 13.8. The fraction of sp³-hybridized carbons (Fsp3) is 0.188. The van der Waals surface area contributed by atoms with Crippen LogP contribution in [0.5, 0.6) is 23.1 Å². The van der Waals surface area contributed by atoms with E-state index in [4.69, 9.17) is 14.2 Å². The van der Waals surface area contributed by atoms with Crippen molar-refractivity contribution in [2.24, 2.45) is 7.05 Å². The van der Waals surface area contributed by atoms with Crippen LogP contribution in [0.15, 0.2) is 65.6 Å². The lowest BCUT2D eigenvalue weighted by Crippen LogP contribution is -2.28. The molecule has 1 amide bonds. The highest BCUT2D eigenvalue weighted by Crippen LogP contribution is 2.34. The summed E-state index contributed by atoms with van der Waals surface area (Å²) in [6.07, 6.45) is 1.60. The highest BCUT2D eigenvalue weighted by Gasteiger charge is 2.23. The van der Waals surface area contributed by atoms with Crippen molar-refractivity contribution in [1.82, 2.24) is 14.5 Å². The maximum Gasteiger partial charge on any atom is 0.261 e. The average molecular weight is 569 g/mol. The Kier molecular flexibility index (Phi) is 7.62. The monoisotopic (exact) mass is 568 g/mol. The number of amides is 1. The third-order valence-electron chi connectivity index (χ3n) is 7.23. The van der Waals surface area contributed by atoms with Gasteiger partial charge in [0.15, 0.2) is 11.5 Å². The summed E-state index contributed by atoms with van der Waals surface area (Å²) in [6.45, 7) is 5.26. The molecule has 2 aromatic carbocycles. The molecule has 3 heterocycles. The van der Waals surface area contributed by atoms with Crippen molar-refractivity contribution in [3.63, 3.8) is 0 Å². The summed E-state index contributed by atoms with van der Waals surface area (Å²) in [7, 11) is 4.81. The van der Waals surface area contributed by atoms with Crippen LogP contribution in [0.4, 0.5) is 10.1 Å². The summed E-state index contributed by atoms with van der Waals surface area (Å²) in [5, 5.41) is 2.82. The Bertz CT molecular complexity index is 1900. The second-order valence-corrected chi connectivity index (χ2v) is 9.73. The number of nitrogens with zero attached hydrogens (tertiary/aromatic N) is 3.